The van der Waals surface area contributed by atoms with E-state index < -0.39 is 0 Å². The average molecular weight is 484 g/mol. The van der Waals surface area contributed by atoms with Crippen molar-refractivity contribution < 1.29 is 14.2 Å². The molecular formula is C26H25N7O3. The van der Waals surface area contributed by atoms with Gasteiger partial charge < -0.3 is 19.9 Å². The van der Waals surface area contributed by atoms with Crippen LogP contribution in [0, 0.1) is 6.92 Å². The molecule has 0 fully saturated rings. The first-order chi connectivity index (χ1) is 17.5. The number of ether oxygens (including phenoxy) is 3. The molecule has 0 aliphatic rings. The van der Waals surface area contributed by atoms with Crippen LogP contribution in [-0.2, 0) is 13.0 Å². The van der Waals surface area contributed by atoms with Crippen molar-refractivity contribution in [1.82, 2.24) is 29.7 Å². The van der Waals surface area contributed by atoms with Crippen molar-refractivity contribution in [2.75, 3.05) is 20.0 Å². The maximum absolute atomic E-state index is 5.97. The van der Waals surface area contributed by atoms with Crippen LogP contribution >= 0.6 is 0 Å². The van der Waals surface area contributed by atoms with Crippen LogP contribution in [-0.4, -0.2) is 43.9 Å². The Morgan fingerprint density at radius 3 is 2.50 bits per heavy atom. The number of pyridine rings is 1. The minimum atomic E-state index is 0.143. The number of aromatic nitrogens is 6. The molecule has 0 unspecified atom stereocenters. The molecule has 5 rings (SSSR count). The second kappa shape index (κ2) is 9.87. The lowest BCUT2D eigenvalue weighted by atomic mass is 10.1. The molecule has 0 bridgehead atoms. The minimum absolute atomic E-state index is 0.143. The van der Waals surface area contributed by atoms with Crippen LogP contribution < -0.4 is 19.9 Å². The lowest BCUT2D eigenvalue weighted by Crippen LogP contribution is -2.09. The van der Waals surface area contributed by atoms with Crippen molar-refractivity contribution >= 4 is 16.7 Å². The Kier molecular flexibility index (Phi) is 6.31. The molecule has 10 nitrogen and oxygen atoms in total. The van der Waals surface area contributed by atoms with E-state index in [1.54, 1.807) is 31.9 Å². The molecule has 3 aromatic heterocycles. The summed E-state index contributed by atoms with van der Waals surface area (Å²) in [4.78, 5) is 17.8. The van der Waals surface area contributed by atoms with Gasteiger partial charge in [0.05, 0.1) is 19.9 Å². The molecule has 0 radical (unpaired) electrons. The molecule has 0 amide bonds. The van der Waals surface area contributed by atoms with Crippen LogP contribution in [0.1, 0.15) is 22.9 Å². The van der Waals surface area contributed by atoms with Gasteiger partial charge in [-0.3, -0.25) is 4.98 Å². The topological polar surface area (TPSA) is 123 Å². The van der Waals surface area contributed by atoms with E-state index in [0.29, 0.717) is 41.3 Å². The fourth-order valence-electron chi connectivity index (χ4n) is 3.90. The van der Waals surface area contributed by atoms with Gasteiger partial charge in [0.15, 0.2) is 17.3 Å². The Bertz CT molecular complexity index is 1530. The van der Waals surface area contributed by atoms with Gasteiger partial charge in [-0.05, 0) is 36.1 Å². The predicted octanol–water partition coefficient (Wildman–Crippen LogP) is 3.68. The molecule has 0 aliphatic heterocycles. The molecular weight excluding hydrogens is 458 g/mol. The molecule has 5 aromatic rings. The number of methoxy groups -OCH3 is 2. The first-order valence-corrected chi connectivity index (χ1v) is 11.3. The normalized spacial score (nSPS) is 11.0. The van der Waals surface area contributed by atoms with Crippen LogP contribution in [0.4, 0.5) is 5.95 Å². The second-order valence-corrected chi connectivity index (χ2v) is 8.09. The van der Waals surface area contributed by atoms with Crippen molar-refractivity contribution in [2.24, 2.45) is 0 Å². The highest BCUT2D eigenvalue weighted by Gasteiger charge is 2.15. The molecule has 182 valence electrons. The van der Waals surface area contributed by atoms with Crippen LogP contribution in [0.2, 0.25) is 0 Å². The minimum Gasteiger partial charge on any atom is -0.493 e. The number of benzene rings is 2. The van der Waals surface area contributed by atoms with E-state index >= 15 is 0 Å². The highest BCUT2D eigenvalue weighted by molar-refractivity contribution is 5.81. The standard InChI is InChI=1S/C26H25N7O3/c1-16-29-24(13-25(30-16)36-15-20-12-18-6-4-5-7-19(18)14-28-20)33-23(31-26(27)32-33)11-17-8-9-21(34-2)22(10-17)35-3/h4-10,12-14H,11,15H2,1-3H3,(H2,27,32). The summed E-state index contributed by atoms with van der Waals surface area (Å²) in [5.74, 6) is 3.47. The van der Waals surface area contributed by atoms with Gasteiger partial charge >= 0.3 is 0 Å². The van der Waals surface area contributed by atoms with E-state index in [1.807, 2.05) is 54.7 Å². The van der Waals surface area contributed by atoms with Crippen molar-refractivity contribution in [3.63, 3.8) is 0 Å². The number of rotatable bonds is 8. The fourth-order valence-corrected chi connectivity index (χ4v) is 3.90. The van der Waals surface area contributed by atoms with Gasteiger partial charge in [0.25, 0.3) is 0 Å². The molecule has 2 aromatic carbocycles. The fraction of sp³-hybridized carbons (Fsp3) is 0.192. The Hall–Kier alpha value is -4.73. The lowest BCUT2D eigenvalue weighted by Gasteiger charge is -2.11. The van der Waals surface area contributed by atoms with E-state index in [1.165, 1.54) is 0 Å². The molecule has 2 N–H and O–H groups in total. The first kappa shape index (κ1) is 23.0. The van der Waals surface area contributed by atoms with E-state index in [9.17, 15) is 0 Å². The highest BCUT2D eigenvalue weighted by atomic mass is 16.5. The Morgan fingerprint density at radius 2 is 1.69 bits per heavy atom. The van der Waals surface area contributed by atoms with Crippen molar-refractivity contribution in [3.05, 3.63) is 83.7 Å². The Labute approximate surface area is 207 Å². The highest BCUT2D eigenvalue weighted by Crippen LogP contribution is 2.28. The maximum atomic E-state index is 5.97. The first-order valence-electron chi connectivity index (χ1n) is 11.3. The smallest absolute Gasteiger partial charge is 0.240 e. The number of aryl methyl sites for hydroxylation is 1. The van der Waals surface area contributed by atoms with Crippen molar-refractivity contribution in [1.29, 1.82) is 0 Å². The maximum Gasteiger partial charge on any atom is 0.240 e. The van der Waals surface area contributed by atoms with Crippen molar-refractivity contribution in [3.8, 4) is 23.2 Å². The van der Waals surface area contributed by atoms with Crippen molar-refractivity contribution in [2.45, 2.75) is 20.0 Å². The van der Waals surface area contributed by atoms with E-state index in [4.69, 9.17) is 19.9 Å². The van der Waals surface area contributed by atoms with Crippen LogP contribution in [0.15, 0.2) is 60.8 Å². The average Bonchev–Trinajstić information content (AvgIpc) is 3.26. The van der Waals surface area contributed by atoms with Crippen LogP contribution in [0.25, 0.3) is 16.6 Å². The number of nitrogen functional groups attached to an aromatic ring is 1. The number of anilines is 1. The largest absolute Gasteiger partial charge is 0.493 e. The predicted molar refractivity (Wildman–Crippen MR) is 135 cm³/mol. The van der Waals surface area contributed by atoms with E-state index in [-0.39, 0.29) is 12.6 Å². The van der Waals surface area contributed by atoms with Gasteiger partial charge in [-0.15, -0.1) is 5.10 Å². The quantitative estimate of drug-likeness (QED) is 0.352. The number of fused-ring (bicyclic) bond motifs is 1. The summed E-state index contributed by atoms with van der Waals surface area (Å²) in [6.07, 6.45) is 2.29. The summed E-state index contributed by atoms with van der Waals surface area (Å²) >= 11 is 0. The zero-order valence-electron chi connectivity index (χ0n) is 20.2. The summed E-state index contributed by atoms with van der Waals surface area (Å²) in [6.45, 7) is 2.05. The summed E-state index contributed by atoms with van der Waals surface area (Å²) in [6, 6.07) is 17.4. The number of hydrogen-bond acceptors (Lipinski definition) is 9. The Morgan fingerprint density at radius 1 is 0.889 bits per heavy atom. The second-order valence-electron chi connectivity index (χ2n) is 8.09. The van der Waals surface area contributed by atoms with Gasteiger partial charge in [-0.1, -0.05) is 30.3 Å². The van der Waals surface area contributed by atoms with Gasteiger partial charge in [0.2, 0.25) is 11.8 Å². The molecule has 0 aliphatic carbocycles. The molecule has 10 heteroatoms. The number of hydrogen-bond donors (Lipinski definition) is 1. The monoisotopic (exact) mass is 483 g/mol. The SMILES string of the molecule is COc1ccc(Cc2nc(N)nn2-c2cc(OCc3cc4ccccc4cn3)nc(C)n2)cc1OC. The molecule has 3 heterocycles. The molecule has 0 saturated carbocycles. The van der Waals surface area contributed by atoms with Gasteiger partial charge in [0, 0.05) is 24.1 Å². The van der Waals surface area contributed by atoms with E-state index in [0.717, 1.165) is 22.0 Å². The summed E-state index contributed by atoms with van der Waals surface area (Å²) in [5.41, 5.74) is 7.70. The Balaban J connectivity index is 1.40. The summed E-state index contributed by atoms with van der Waals surface area (Å²) in [7, 11) is 3.20. The molecule has 0 atom stereocenters. The van der Waals surface area contributed by atoms with Gasteiger partial charge in [-0.2, -0.15) is 14.6 Å². The van der Waals surface area contributed by atoms with Crippen LogP contribution in [0.5, 0.6) is 17.4 Å². The third-order valence-electron chi connectivity index (χ3n) is 5.57. The molecule has 0 saturated heterocycles. The molecule has 0 spiro atoms. The van der Waals surface area contributed by atoms with Gasteiger partial charge in [-0.25, -0.2) is 4.98 Å². The summed E-state index contributed by atoms with van der Waals surface area (Å²) < 4.78 is 18.3. The number of nitrogens with two attached hydrogens (primary N) is 1. The lowest BCUT2D eigenvalue weighted by molar-refractivity contribution is 0.288. The molecule has 36 heavy (non-hydrogen) atoms. The zero-order valence-corrected chi connectivity index (χ0v) is 20.2. The van der Waals surface area contributed by atoms with E-state index in [2.05, 4.69) is 25.0 Å². The third-order valence-corrected chi connectivity index (χ3v) is 5.57. The van der Waals surface area contributed by atoms with Crippen LogP contribution in [0.3, 0.4) is 0 Å². The van der Waals surface area contributed by atoms with Gasteiger partial charge in [0.1, 0.15) is 18.3 Å². The number of nitrogens with zero attached hydrogens (tertiary/aromatic N) is 6. The third kappa shape index (κ3) is 4.88. The summed E-state index contributed by atoms with van der Waals surface area (Å²) in [5, 5.41) is 6.53. The zero-order chi connectivity index (χ0) is 25.1.